The van der Waals surface area contributed by atoms with Crippen LogP contribution in [0, 0.1) is 12.8 Å². The summed E-state index contributed by atoms with van der Waals surface area (Å²) in [6.45, 7) is 6.74. The fraction of sp³-hybridized carbons (Fsp3) is 0.571. The molecule has 0 N–H and O–H groups in total. The molecule has 0 fully saturated rings. The van der Waals surface area contributed by atoms with Crippen LogP contribution in [0.5, 0.6) is 0 Å². The van der Waals surface area contributed by atoms with Crippen molar-refractivity contribution >= 4 is 11.9 Å². The molecule has 0 saturated heterocycles. The maximum absolute atomic E-state index is 12.1. The van der Waals surface area contributed by atoms with Gasteiger partial charge in [0.25, 0.3) is 0 Å². The minimum Gasteiger partial charge on any atom is -0.466 e. The van der Waals surface area contributed by atoms with Gasteiger partial charge in [-0.1, -0.05) is 63.4 Å². The fourth-order valence-electron chi connectivity index (χ4n) is 2.51. The van der Waals surface area contributed by atoms with E-state index in [2.05, 4.69) is 13.8 Å². The van der Waals surface area contributed by atoms with Crippen LogP contribution in [0.25, 0.3) is 0 Å². The van der Waals surface area contributed by atoms with Crippen LogP contribution in [0.3, 0.4) is 0 Å². The summed E-state index contributed by atoms with van der Waals surface area (Å²) in [4.78, 5) is 23.8. The first-order chi connectivity index (χ1) is 12.2. The van der Waals surface area contributed by atoms with Gasteiger partial charge in [-0.2, -0.15) is 0 Å². The van der Waals surface area contributed by atoms with Gasteiger partial charge in [0.05, 0.1) is 12.5 Å². The van der Waals surface area contributed by atoms with Crippen molar-refractivity contribution in [1.29, 1.82) is 0 Å². The third-order valence-corrected chi connectivity index (χ3v) is 4.10. The van der Waals surface area contributed by atoms with Crippen molar-refractivity contribution in [2.45, 2.75) is 64.9 Å². The minimum atomic E-state index is -0.263. The number of hydrogen-bond donors (Lipinski definition) is 0. The van der Waals surface area contributed by atoms with E-state index in [-0.39, 0.29) is 24.5 Å². The summed E-state index contributed by atoms with van der Waals surface area (Å²) in [7, 11) is 0. The average Bonchev–Trinajstić information content (AvgIpc) is 2.64. The third kappa shape index (κ3) is 9.90. The molecule has 0 aliphatic heterocycles. The minimum absolute atomic E-state index is 0.183. The molecule has 1 atom stereocenters. The third-order valence-electron chi connectivity index (χ3n) is 4.10. The van der Waals surface area contributed by atoms with Gasteiger partial charge in [0.1, 0.15) is 6.61 Å². The lowest BCUT2D eigenvalue weighted by Crippen LogP contribution is -2.18. The van der Waals surface area contributed by atoms with Gasteiger partial charge >= 0.3 is 11.9 Å². The largest absolute Gasteiger partial charge is 0.466 e. The predicted octanol–water partition coefficient (Wildman–Crippen LogP) is 4.86. The van der Waals surface area contributed by atoms with Crippen molar-refractivity contribution in [2.75, 3.05) is 6.61 Å². The highest BCUT2D eigenvalue weighted by atomic mass is 16.5. The second kappa shape index (κ2) is 13.5. The molecule has 25 heavy (non-hydrogen) atoms. The Kier molecular flexibility index (Phi) is 11.4. The van der Waals surface area contributed by atoms with Crippen molar-refractivity contribution < 1.29 is 19.1 Å². The van der Waals surface area contributed by atoms with E-state index < -0.39 is 0 Å². The zero-order chi connectivity index (χ0) is 18.3. The highest BCUT2D eigenvalue weighted by Gasteiger charge is 2.18. The lowest BCUT2D eigenvalue weighted by Gasteiger charge is -2.14. The van der Waals surface area contributed by atoms with Crippen molar-refractivity contribution in [1.82, 2.24) is 0 Å². The van der Waals surface area contributed by atoms with Gasteiger partial charge in [0.15, 0.2) is 0 Å². The standard InChI is InChI=1S/C21H31O4/c1-3-5-6-10-16-24-20(22)15-11-14-19(4-2)21(23)25-17-18-12-8-7-9-13-18/h7-9,12-13,19H,2-6,10-11,14-17H2,1H3. The number of unbranched alkanes of at least 4 members (excludes halogenated alkanes) is 3. The van der Waals surface area contributed by atoms with Crippen LogP contribution in [0.15, 0.2) is 30.3 Å². The maximum atomic E-state index is 12.1. The first kappa shape index (κ1) is 21.2. The second-order valence-electron chi connectivity index (χ2n) is 6.25. The van der Waals surface area contributed by atoms with Crippen molar-refractivity contribution in [3.05, 3.63) is 42.8 Å². The molecule has 0 heterocycles. The summed E-state index contributed by atoms with van der Waals surface area (Å²) in [5, 5.41) is 0. The zero-order valence-corrected chi connectivity index (χ0v) is 15.4. The van der Waals surface area contributed by atoms with Gasteiger partial charge in [-0.05, 0) is 31.2 Å². The van der Waals surface area contributed by atoms with E-state index in [0.29, 0.717) is 32.3 Å². The van der Waals surface area contributed by atoms with E-state index >= 15 is 0 Å². The molecule has 0 aliphatic rings. The highest BCUT2D eigenvalue weighted by Crippen LogP contribution is 2.16. The molecule has 4 heteroatoms. The Labute approximate surface area is 151 Å². The van der Waals surface area contributed by atoms with Gasteiger partial charge < -0.3 is 9.47 Å². The average molecular weight is 347 g/mol. The molecule has 0 saturated carbocycles. The summed E-state index contributed by atoms with van der Waals surface area (Å²) in [5.74, 6) is -0.690. The molecule has 1 radical (unpaired) electrons. The topological polar surface area (TPSA) is 52.6 Å². The Bertz CT molecular complexity index is 484. The zero-order valence-electron chi connectivity index (χ0n) is 15.4. The van der Waals surface area contributed by atoms with Crippen LogP contribution in [-0.4, -0.2) is 18.5 Å². The highest BCUT2D eigenvalue weighted by molar-refractivity contribution is 5.73. The van der Waals surface area contributed by atoms with Gasteiger partial charge in [-0.3, -0.25) is 9.59 Å². The Balaban J connectivity index is 2.17. The summed E-state index contributed by atoms with van der Waals surface area (Å²) in [6.07, 6.45) is 6.40. The lowest BCUT2D eigenvalue weighted by molar-refractivity contribution is -0.151. The molecule has 0 spiro atoms. The summed E-state index contributed by atoms with van der Waals surface area (Å²) < 4.78 is 10.5. The van der Waals surface area contributed by atoms with Gasteiger partial charge in [0, 0.05) is 6.42 Å². The first-order valence-electron chi connectivity index (χ1n) is 9.32. The molecule has 4 nitrogen and oxygen atoms in total. The van der Waals surface area contributed by atoms with Crippen molar-refractivity contribution in [3.8, 4) is 0 Å². The molecule has 1 aromatic carbocycles. The van der Waals surface area contributed by atoms with Gasteiger partial charge in [-0.15, -0.1) is 0 Å². The van der Waals surface area contributed by atoms with E-state index in [1.807, 2.05) is 30.3 Å². The Hall–Kier alpha value is -1.84. The summed E-state index contributed by atoms with van der Waals surface area (Å²) in [5.41, 5.74) is 0.963. The molecule has 1 aromatic rings. The molecule has 0 bridgehead atoms. The quantitative estimate of drug-likeness (QED) is 0.377. The SMILES string of the molecule is [CH2]CC(CCCC(=O)OCCCCCC)C(=O)OCc1ccccc1. The Morgan fingerprint density at radius 1 is 1.04 bits per heavy atom. The fourth-order valence-corrected chi connectivity index (χ4v) is 2.51. The lowest BCUT2D eigenvalue weighted by atomic mass is 9.99. The molecular formula is C21H31O4. The van der Waals surface area contributed by atoms with E-state index in [1.54, 1.807) is 0 Å². The summed E-state index contributed by atoms with van der Waals surface area (Å²) in [6, 6.07) is 9.59. The number of carbonyl (C=O) groups is 2. The molecule has 0 aromatic heterocycles. The normalized spacial score (nSPS) is 11.8. The monoisotopic (exact) mass is 347 g/mol. The number of carbonyl (C=O) groups excluding carboxylic acids is 2. The molecular weight excluding hydrogens is 316 g/mol. The van der Waals surface area contributed by atoms with E-state index in [9.17, 15) is 9.59 Å². The Morgan fingerprint density at radius 2 is 1.80 bits per heavy atom. The van der Waals surface area contributed by atoms with Gasteiger partial charge in [-0.25, -0.2) is 0 Å². The van der Waals surface area contributed by atoms with Crippen molar-refractivity contribution in [3.63, 3.8) is 0 Å². The van der Waals surface area contributed by atoms with Crippen LogP contribution in [0.4, 0.5) is 0 Å². The Morgan fingerprint density at radius 3 is 2.48 bits per heavy atom. The molecule has 139 valence electrons. The van der Waals surface area contributed by atoms with Crippen LogP contribution >= 0.6 is 0 Å². The molecule has 1 unspecified atom stereocenters. The van der Waals surface area contributed by atoms with E-state index in [0.717, 1.165) is 18.4 Å². The molecule has 1 rings (SSSR count). The summed E-state index contributed by atoms with van der Waals surface area (Å²) >= 11 is 0. The number of ether oxygens (including phenoxy) is 2. The van der Waals surface area contributed by atoms with Crippen molar-refractivity contribution in [2.24, 2.45) is 5.92 Å². The van der Waals surface area contributed by atoms with Crippen LogP contribution < -0.4 is 0 Å². The smallest absolute Gasteiger partial charge is 0.309 e. The first-order valence-corrected chi connectivity index (χ1v) is 9.32. The van der Waals surface area contributed by atoms with Crippen LogP contribution in [0.2, 0.25) is 0 Å². The van der Waals surface area contributed by atoms with E-state index in [1.165, 1.54) is 12.8 Å². The van der Waals surface area contributed by atoms with Crippen LogP contribution in [-0.2, 0) is 25.7 Å². The maximum Gasteiger partial charge on any atom is 0.309 e. The molecule has 0 amide bonds. The van der Waals surface area contributed by atoms with Crippen LogP contribution in [0.1, 0.15) is 63.9 Å². The van der Waals surface area contributed by atoms with Gasteiger partial charge in [0.2, 0.25) is 0 Å². The molecule has 0 aliphatic carbocycles. The van der Waals surface area contributed by atoms with E-state index in [4.69, 9.17) is 9.47 Å². The number of benzene rings is 1. The number of hydrogen-bond acceptors (Lipinski definition) is 4. The number of esters is 2. The number of rotatable bonds is 13. The second-order valence-corrected chi connectivity index (χ2v) is 6.25. The predicted molar refractivity (Wildman–Crippen MR) is 98.7 cm³/mol.